The van der Waals surface area contributed by atoms with Crippen molar-refractivity contribution in [3.8, 4) is 11.6 Å². The zero-order valence-electron chi connectivity index (χ0n) is 17.8. The summed E-state index contributed by atoms with van der Waals surface area (Å²) in [4.78, 5) is 22.6. The van der Waals surface area contributed by atoms with Crippen LogP contribution in [0.4, 0.5) is 5.95 Å². The molecule has 1 unspecified atom stereocenters. The summed E-state index contributed by atoms with van der Waals surface area (Å²) < 4.78 is 8.50. The highest BCUT2D eigenvalue weighted by molar-refractivity contribution is 5.92. The van der Waals surface area contributed by atoms with Gasteiger partial charge in [-0.15, -0.1) is 5.10 Å². The molecule has 4 aromatic heterocycles. The van der Waals surface area contributed by atoms with Gasteiger partial charge in [-0.25, -0.2) is 9.67 Å². The van der Waals surface area contributed by atoms with Gasteiger partial charge in [0, 0.05) is 6.04 Å². The fraction of sp³-hybridized carbons (Fsp3) is 0.261. The molecule has 1 atom stereocenters. The van der Waals surface area contributed by atoms with Gasteiger partial charge in [0.25, 0.3) is 0 Å². The van der Waals surface area contributed by atoms with Crippen LogP contribution in [0.1, 0.15) is 37.3 Å². The summed E-state index contributed by atoms with van der Waals surface area (Å²) in [6.45, 7) is 0. The van der Waals surface area contributed by atoms with Gasteiger partial charge < -0.3 is 15.5 Å². The molecule has 10 nitrogen and oxygen atoms in total. The lowest BCUT2D eigenvalue weighted by atomic mass is 10.1. The zero-order valence-corrected chi connectivity index (χ0v) is 17.8. The van der Waals surface area contributed by atoms with E-state index in [0.29, 0.717) is 28.3 Å². The number of nitrogens with one attached hydrogen (secondary N) is 1. The third kappa shape index (κ3) is 3.30. The summed E-state index contributed by atoms with van der Waals surface area (Å²) in [7, 11) is 0. The van der Waals surface area contributed by atoms with E-state index in [-0.39, 0.29) is 17.9 Å². The molecule has 0 radical (unpaired) electrons. The molecular formula is C23H22N8O2. The second-order valence-electron chi connectivity index (χ2n) is 8.25. The van der Waals surface area contributed by atoms with Gasteiger partial charge in [-0.3, -0.25) is 4.79 Å². The van der Waals surface area contributed by atoms with Crippen molar-refractivity contribution in [3.63, 3.8) is 0 Å². The van der Waals surface area contributed by atoms with Crippen molar-refractivity contribution in [2.45, 2.75) is 37.8 Å². The Morgan fingerprint density at radius 2 is 1.91 bits per heavy atom. The van der Waals surface area contributed by atoms with E-state index in [0.717, 1.165) is 31.2 Å². The third-order valence-corrected chi connectivity index (χ3v) is 6.11. The molecule has 0 bridgehead atoms. The molecule has 6 rings (SSSR count). The van der Waals surface area contributed by atoms with Gasteiger partial charge in [-0.05, 0) is 30.5 Å². The lowest BCUT2D eigenvalue weighted by molar-refractivity contribution is -0.124. The summed E-state index contributed by atoms with van der Waals surface area (Å²) in [6.07, 6.45) is 7.46. The predicted octanol–water partition coefficient (Wildman–Crippen LogP) is 2.96. The van der Waals surface area contributed by atoms with Crippen molar-refractivity contribution < 1.29 is 9.21 Å². The smallest absolute Gasteiger partial charge is 0.249 e. The number of carbonyl (C=O) groups excluding carboxylic acids is 1. The molecule has 10 heteroatoms. The number of rotatable bonds is 5. The van der Waals surface area contributed by atoms with Crippen molar-refractivity contribution >= 4 is 28.5 Å². The number of furan rings is 1. The SMILES string of the molecule is Nc1nc2c(cnn2C(C(=O)NC2CCCC2)c2ccccc2)c2nc(-c3ccco3)nn12. The number of amides is 1. The van der Waals surface area contributed by atoms with Crippen molar-refractivity contribution in [2.75, 3.05) is 5.73 Å². The molecule has 1 aliphatic rings. The van der Waals surface area contributed by atoms with E-state index in [4.69, 9.17) is 10.2 Å². The van der Waals surface area contributed by atoms with Crippen LogP contribution < -0.4 is 11.1 Å². The Kier molecular flexibility index (Phi) is 4.56. The van der Waals surface area contributed by atoms with Crippen LogP contribution in [-0.4, -0.2) is 41.3 Å². The Balaban J connectivity index is 1.49. The molecule has 0 spiro atoms. The van der Waals surface area contributed by atoms with Crippen molar-refractivity contribution in [1.29, 1.82) is 0 Å². The number of nitrogens with two attached hydrogens (primary N) is 1. The van der Waals surface area contributed by atoms with Crippen molar-refractivity contribution in [3.05, 3.63) is 60.5 Å². The van der Waals surface area contributed by atoms with Crippen LogP contribution in [-0.2, 0) is 4.79 Å². The van der Waals surface area contributed by atoms with Crippen LogP contribution in [0, 0.1) is 0 Å². The van der Waals surface area contributed by atoms with Gasteiger partial charge in [0.1, 0.15) is 0 Å². The van der Waals surface area contributed by atoms with E-state index in [1.165, 1.54) is 4.52 Å². The van der Waals surface area contributed by atoms with Crippen molar-refractivity contribution in [2.24, 2.45) is 0 Å². The first-order valence-electron chi connectivity index (χ1n) is 11.0. The molecule has 1 amide bonds. The normalized spacial score (nSPS) is 15.4. The highest BCUT2D eigenvalue weighted by Crippen LogP contribution is 2.28. The molecule has 0 aliphatic heterocycles. The van der Waals surface area contributed by atoms with Crippen LogP contribution in [0.25, 0.3) is 28.3 Å². The van der Waals surface area contributed by atoms with E-state index >= 15 is 0 Å². The number of fused-ring (bicyclic) bond motifs is 3. The number of anilines is 1. The summed E-state index contributed by atoms with van der Waals surface area (Å²) in [5.74, 6) is 0.952. The van der Waals surface area contributed by atoms with Gasteiger partial charge in [0.05, 0.1) is 17.8 Å². The average Bonchev–Trinajstić information content (AvgIpc) is 3.61. The van der Waals surface area contributed by atoms with Crippen LogP contribution in [0.2, 0.25) is 0 Å². The van der Waals surface area contributed by atoms with Crippen LogP contribution >= 0.6 is 0 Å². The monoisotopic (exact) mass is 442 g/mol. The summed E-state index contributed by atoms with van der Waals surface area (Å²) in [5.41, 5.74) is 8.02. The Labute approximate surface area is 188 Å². The first kappa shape index (κ1) is 19.5. The first-order chi connectivity index (χ1) is 16.2. The Hall–Kier alpha value is -4.21. The fourth-order valence-electron chi connectivity index (χ4n) is 4.52. The number of nitrogen functional groups attached to an aromatic ring is 1. The van der Waals surface area contributed by atoms with Crippen LogP contribution in [0.5, 0.6) is 0 Å². The minimum Gasteiger partial charge on any atom is -0.461 e. The van der Waals surface area contributed by atoms with Gasteiger partial charge in [-0.2, -0.15) is 14.6 Å². The highest BCUT2D eigenvalue weighted by Gasteiger charge is 2.29. The molecule has 1 saturated carbocycles. The summed E-state index contributed by atoms with van der Waals surface area (Å²) >= 11 is 0. The molecule has 166 valence electrons. The van der Waals surface area contributed by atoms with E-state index < -0.39 is 6.04 Å². The number of nitrogens with zero attached hydrogens (tertiary/aromatic N) is 6. The number of benzene rings is 1. The minimum atomic E-state index is -0.689. The number of hydrogen-bond donors (Lipinski definition) is 2. The fourth-order valence-corrected chi connectivity index (χ4v) is 4.52. The van der Waals surface area contributed by atoms with Crippen molar-refractivity contribution in [1.82, 2.24) is 34.7 Å². The molecule has 5 aromatic rings. The van der Waals surface area contributed by atoms with E-state index in [2.05, 4.69) is 25.5 Å². The molecule has 1 aliphatic carbocycles. The Morgan fingerprint density at radius 1 is 1.09 bits per heavy atom. The lowest BCUT2D eigenvalue weighted by Crippen LogP contribution is -2.39. The quantitative estimate of drug-likeness (QED) is 0.428. The van der Waals surface area contributed by atoms with Gasteiger partial charge in [0.15, 0.2) is 23.1 Å². The standard InChI is InChI=1S/C23H22N8O2/c24-23-28-21-16(20-27-19(29-31(20)23)17-11-6-12-33-17)13-25-30(21)18(14-7-2-1-3-8-14)22(32)26-15-9-4-5-10-15/h1-3,6-8,11-13,15,18H,4-5,9-10H2,(H2,24,28)(H,26,32). The Bertz CT molecular complexity index is 1430. The predicted molar refractivity (Wildman–Crippen MR) is 121 cm³/mol. The molecule has 33 heavy (non-hydrogen) atoms. The van der Waals surface area contributed by atoms with Crippen LogP contribution in [0.15, 0.2) is 59.3 Å². The molecule has 3 N–H and O–H groups in total. The highest BCUT2D eigenvalue weighted by atomic mass is 16.3. The molecule has 4 heterocycles. The van der Waals surface area contributed by atoms with E-state index in [1.807, 2.05) is 30.3 Å². The Morgan fingerprint density at radius 3 is 2.67 bits per heavy atom. The molecule has 0 saturated heterocycles. The van der Waals surface area contributed by atoms with Crippen LogP contribution in [0.3, 0.4) is 0 Å². The first-order valence-corrected chi connectivity index (χ1v) is 11.0. The second-order valence-corrected chi connectivity index (χ2v) is 8.25. The lowest BCUT2D eigenvalue weighted by Gasteiger charge is -2.21. The van der Waals surface area contributed by atoms with Gasteiger partial charge in [0.2, 0.25) is 17.7 Å². The average molecular weight is 442 g/mol. The maximum Gasteiger partial charge on any atom is 0.249 e. The second kappa shape index (κ2) is 7.73. The molecule has 1 aromatic carbocycles. The molecular weight excluding hydrogens is 420 g/mol. The number of aromatic nitrogens is 6. The maximum atomic E-state index is 13.5. The van der Waals surface area contributed by atoms with Gasteiger partial charge >= 0.3 is 0 Å². The summed E-state index contributed by atoms with van der Waals surface area (Å²) in [5, 5.41) is 12.8. The zero-order chi connectivity index (χ0) is 22.4. The van der Waals surface area contributed by atoms with Gasteiger partial charge in [-0.1, -0.05) is 43.2 Å². The topological polar surface area (TPSA) is 129 Å². The minimum absolute atomic E-state index is 0.115. The van der Waals surface area contributed by atoms with E-state index in [1.54, 1.807) is 29.3 Å². The van der Waals surface area contributed by atoms with E-state index in [9.17, 15) is 4.79 Å². The number of hydrogen-bond acceptors (Lipinski definition) is 7. The number of carbonyl (C=O) groups is 1. The third-order valence-electron chi connectivity index (χ3n) is 6.11. The molecule has 1 fully saturated rings. The maximum absolute atomic E-state index is 13.5. The largest absolute Gasteiger partial charge is 0.461 e. The summed E-state index contributed by atoms with van der Waals surface area (Å²) in [6, 6.07) is 12.6.